The molecule has 128 valence electrons. The number of hydrogen-bond acceptors (Lipinski definition) is 5. The molecule has 24 heavy (non-hydrogen) atoms. The largest absolute Gasteiger partial charge is 0.493 e. The Morgan fingerprint density at radius 3 is 2.54 bits per heavy atom. The number of carbonyl (C=O) groups excluding carboxylic acids is 2. The van der Waals surface area contributed by atoms with E-state index in [4.69, 9.17) is 9.47 Å². The molecule has 7 heteroatoms. The zero-order valence-corrected chi connectivity index (χ0v) is 14.4. The van der Waals surface area contributed by atoms with E-state index in [1.54, 1.807) is 26.4 Å². The van der Waals surface area contributed by atoms with Crippen LogP contribution in [0.4, 0.5) is 0 Å². The molecule has 0 fully saturated rings. The Balaban J connectivity index is 1.73. The third kappa shape index (κ3) is 4.99. The first-order valence-electron chi connectivity index (χ1n) is 7.43. The van der Waals surface area contributed by atoms with Crippen LogP contribution >= 0.6 is 11.3 Å². The number of ether oxygens (including phenoxy) is 2. The van der Waals surface area contributed by atoms with E-state index in [9.17, 15) is 9.59 Å². The number of methoxy groups -OCH3 is 2. The number of thiophene rings is 1. The van der Waals surface area contributed by atoms with Crippen molar-refractivity contribution in [2.24, 2.45) is 0 Å². The molecule has 0 atom stereocenters. The molecule has 0 aliphatic carbocycles. The zero-order valence-electron chi connectivity index (χ0n) is 13.6. The van der Waals surface area contributed by atoms with Crippen molar-refractivity contribution in [2.45, 2.75) is 6.42 Å². The second-order valence-electron chi connectivity index (χ2n) is 4.95. The molecule has 0 radical (unpaired) electrons. The van der Waals surface area contributed by atoms with Crippen LogP contribution in [-0.2, 0) is 11.2 Å². The molecule has 6 nitrogen and oxygen atoms in total. The lowest BCUT2D eigenvalue weighted by Gasteiger charge is -2.10. The van der Waals surface area contributed by atoms with Crippen LogP contribution < -0.4 is 20.1 Å². The minimum atomic E-state index is -0.236. The van der Waals surface area contributed by atoms with Crippen LogP contribution in [0, 0.1) is 0 Å². The van der Waals surface area contributed by atoms with Crippen LogP contribution in [0.3, 0.4) is 0 Å². The second kappa shape index (κ2) is 8.93. The van der Waals surface area contributed by atoms with E-state index in [2.05, 4.69) is 10.6 Å². The highest BCUT2D eigenvalue weighted by Gasteiger charge is 2.09. The van der Waals surface area contributed by atoms with Crippen LogP contribution in [0.1, 0.15) is 15.2 Å². The van der Waals surface area contributed by atoms with Gasteiger partial charge in [0.05, 0.1) is 25.6 Å². The summed E-state index contributed by atoms with van der Waals surface area (Å²) >= 11 is 1.34. The van der Waals surface area contributed by atoms with Gasteiger partial charge in [-0.3, -0.25) is 9.59 Å². The average Bonchev–Trinajstić information content (AvgIpc) is 3.14. The van der Waals surface area contributed by atoms with E-state index in [-0.39, 0.29) is 18.4 Å². The normalized spacial score (nSPS) is 10.1. The molecule has 1 aromatic carbocycles. The molecule has 0 saturated carbocycles. The Kier molecular flexibility index (Phi) is 6.62. The van der Waals surface area contributed by atoms with Gasteiger partial charge < -0.3 is 20.1 Å². The van der Waals surface area contributed by atoms with Gasteiger partial charge in [0.15, 0.2) is 11.5 Å². The van der Waals surface area contributed by atoms with Crippen LogP contribution in [0.5, 0.6) is 11.5 Å². The van der Waals surface area contributed by atoms with E-state index >= 15 is 0 Å². The first kappa shape index (κ1) is 17.8. The van der Waals surface area contributed by atoms with Crippen molar-refractivity contribution in [3.05, 3.63) is 46.2 Å². The smallest absolute Gasteiger partial charge is 0.261 e. The number of hydrogen-bond donors (Lipinski definition) is 2. The minimum Gasteiger partial charge on any atom is -0.493 e. The van der Waals surface area contributed by atoms with E-state index in [0.717, 1.165) is 5.56 Å². The van der Waals surface area contributed by atoms with Gasteiger partial charge >= 0.3 is 0 Å². The Morgan fingerprint density at radius 1 is 1.08 bits per heavy atom. The number of carbonyl (C=O) groups is 2. The summed E-state index contributed by atoms with van der Waals surface area (Å²) in [5.41, 5.74) is 1.02. The number of amides is 2. The molecule has 0 aliphatic rings. The van der Waals surface area contributed by atoms with Gasteiger partial charge in [-0.1, -0.05) is 12.1 Å². The molecule has 2 rings (SSSR count). The highest BCUT2D eigenvalue weighted by Crippen LogP contribution is 2.27. The third-order valence-corrected chi connectivity index (χ3v) is 4.21. The van der Waals surface area contributed by atoms with Crippen LogP contribution in [0.25, 0.3) is 0 Å². The fraction of sp³-hybridized carbons (Fsp3) is 0.294. The summed E-state index contributed by atoms with van der Waals surface area (Å²) in [5.74, 6) is 0.867. The van der Waals surface area contributed by atoms with Crippen molar-refractivity contribution in [1.82, 2.24) is 10.6 Å². The summed E-state index contributed by atoms with van der Waals surface area (Å²) in [6.45, 7) is 0.436. The van der Waals surface area contributed by atoms with Crippen LogP contribution in [0.2, 0.25) is 0 Å². The van der Waals surface area contributed by atoms with Gasteiger partial charge in [0.1, 0.15) is 0 Å². The molecule has 0 saturated heterocycles. The zero-order chi connectivity index (χ0) is 17.4. The molecular formula is C17H20N2O4S. The van der Waals surface area contributed by atoms with Crippen LogP contribution in [-0.4, -0.2) is 39.1 Å². The van der Waals surface area contributed by atoms with Crippen molar-refractivity contribution < 1.29 is 19.1 Å². The van der Waals surface area contributed by atoms with Gasteiger partial charge in [0.25, 0.3) is 5.91 Å². The van der Waals surface area contributed by atoms with Gasteiger partial charge in [0, 0.05) is 6.54 Å². The second-order valence-corrected chi connectivity index (χ2v) is 5.90. The summed E-state index contributed by atoms with van der Waals surface area (Å²) < 4.78 is 10.4. The molecule has 2 N–H and O–H groups in total. The first-order chi connectivity index (χ1) is 11.6. The lowest BCUT2D eigenvalue weighted by Crippen LogP contribution is -2.37. The maximum atomic E-state index is 11.8. The van der Waals surface area contributed by atoms with Crippen LogP contribution in [0.15, 0.2) is 35.7 Å². The summed E-state index contributed by atoms with van der Waals surface area (Å²) in [6.07, 6.45) is 0.658. The van der Waals surface area contributed by atoms with Gasteiger partial charge in [-0.25, -0.2) is 0 Å². The quantitative estimate of drug-likeness (QED) is 0.763. The Bertz CT molecular complexity index is 686. The van der Waals surface area contributed by atoms with Crippen molar-refractivity contribution in [3.63, 3.8) is 0 Å². The Hall–Kier alpha value is -2.54. The van der Waals surface area contributed by atoms with E-state index in [1.807, 2.05) is 23.6 Å². The fourth-order valence-corrected chi connectivity index (χ4v) is 2.74. The van der Waals surface area contributed by atoms with Gasteiger partial charge in [-0.2, -0.15) is 0 Å². The molecule has 0 bridgehead atoms. The van der Waals surface area contributed by atoms with Crippen molar-refractivity contribution in [1.29, 1.82) is 0 Å². The summed E-state index contributed by atoms with van der Waals surface area (Å²) in [5, 5.41) is 7.18. The Morgan fingerprint density at radius 2 is 1.88 bits per heavy atom. The van der Waals surface area contributed by atoms with Crippen molar-refractivity contribution >= 4 is 23.2 Å². The van der Waals surface area contributed by atoms with E-state index in [1.165, 1.54) is 11.3 Å². The monoisotopic (exact) mass is 348 g/mol. The lowest BCUT2D eigenvalue weighted by molar-refractivity contribution is -0.120. The minimum absolute atomic E-state index is 0.0390. The number of rotatable bonds is 8. The van der Waals surface area contributed by atoms with Gasteiger partial charge in [-0.15, -0.1) is 11.3 Å². The summed E-state index contributed by atoms with van der Waals surface area (Å²) in [4.78, 5) is 24.1. The summed E-state index contributed by atoms with van der Waals surface area (Å²) in [6, 6.07) is 9.14. The van der Waals surface area contributed by atoms with Crippen molar-refractivity contribution in [3.8, 4) is 11.5 Å². The standard InChI is InChI=1S/C17H20N2O4S/c1-22-13-6-5-12(10-14(13)23-2)7-8-18-16(20)11-19-17(21)15-4-3-9-24-15/h3-6,9-10H,7-8,11H2,1-2H3,(H,18,20)(H,19,21). The van der Waals surface area contributed by atoms with Gasteiger partial charge in [0.2, 0.25) is 5.91 Å². The van der Waals surface area contributed by atoms with Crippen molar-refractivity contribution in [2.75, 3.05) is 27.3 Å². The highest BCUT2D eigenvalue weighted by atomic mass is 32.1. The molecule has 2 aromatic rings. The highest BCUT2D eigenvalue weighted by molar-refractivity contribution is 7.12. The predicted molar refractivity (Wildman–Crippen MR) is 92.9 cm³/mol. The number of benzene rings is 1. The topological polar surface area (TPSA) is 76.7 Å². The third-order valence-electron chi connectivity index (χ3n) is 3.34. The van der Waals surface area contributed by atoms with E-state index < -0.39 is 0 Å². The SMILES string of the molecule is COc1ccc(CCNC(=O)CNC(=O)c2cccs2)cc1OC. The first-order valence-corrected chi connectivity index (χ1v) is 8.31. The van der Waals surface area contributed by atoms with Gasteiger partial charge in [-0.05, 0) is 35.6 Å². The molecule has 0 spiro atoms. The maximum absolute atomic E-state index is 11.8. The molecule has 0 unspecified atom stereocenters. The lowest BCUT2D eigenvalue weighted by atomic mass is 10.1. The maximum Gasteiger partial charge on any atom is 0.261 e. The molecule has 2 amide bonds. The predicted octanol–water partition coefficient (Wildman–Crippen LogP) is 1.85. The average molecular weight is 348 g/mol. The number of nitrogens with one attached hydrogen (secondary N) is 2. The molecule has 1 heterocycles. The van der Waals surface area contributed by atoms with E-state index in [0.29, 0.717) is 29.3 Å². The molecular weight excluding hydrogens is 328 g/mol. The molecule has 0 aliphatic heterocycles. The summed E-state index contributed by atoms with van der Waals surface area (Å²) in [7, 11) is 3.17. The molecule has 1 aromatic heterocycles. The fourth-order valence-electron chi connectivity index (χ4n) is 2.10. The Labute approximate surface area is 144 Å².